The van der Waals surface area contributed by atoms with E-state index in [1.54, 1.807) is 16.9 Å². The fraction of sp³-hybridized carbons (Fsp3) is 0.214. The summed E-state index contributed by atoms with van der Waals surface area (Å²) in [5.74, 6) is 0.835. The van der Waals surface area contributed by atoms with Gasteiger partial charge in [-0.3, -0.25) is 4.98 Å². The van der Waals surface area contributed by atoms with Gasteiger partial charge < -0.3 is 10.6 Å². The molecule has 0 atom stereocenters. The molecular weight excluding hydrogens is 252 g/mol. The number of nitrogens with two attached hydrogens (primary N) is 1. The van der Waals surface area contributed by atoms with E-state index in [2.05, 4.69) is 15.1 Å². The molecule has 6 nitrogen and oxygen atoms in total. The van der Waals surface area contributed by atoms with Crippen LogP contribution in [0.3, 0.4) is 0 Å². The summed E-state index contributed by atoms with van der Waals surface area (Å²) >= 11 is 0. The van der Waals surface area contributed by atoms with Crippen LogP contribution < -0.4 is 10.6 Å². The minimum Gasteiger partial charge on any atom is -0.330 e. The normalized spacial score (nSPS) is 10.9. The average molecular weight is 268 g/mol. The molecule has 20 heavy (non-hydrogen) atoms. The first kappa shape index (κ1) is 12.6. The zero-order valence-corrected chi connectivity index (χ0v) is 11.3. The molecule has 0 aliphatic rings. The van der Waals surface area contributed by atoms with Gasteiger partial charge >= 0.3 is 0 Å². The highest BCUT2D eigenvalue weighted by Gasteiger charge is 2.08. The zero-order valence-electron chi connectivity index (χ0n) is 11.3. The number of imidazole rings is 1. The van der Waals surface area contributed by atoms with E-state index < -0.39 is 0 Å². The standard InChI is InChI=1S/C14H16N6/c1-19(12-3-2-8-16-9-12)14-5-4-13-17-11(6-7-15)10-20(13)18-14/h2-5,8-10H,6-7,15H2,1H3. The molecule has 0 saturated carbocycles. The van der Waals surface area contributed by atoms with Crippen molar-refractivity contribution in [3.8, 4) is 0 Å². The van der Waals surface area contributed by atoms with Crippen LogP contribution in [0, 0.1) is 0 Å². The van der Waals surface area contributed by atoms with Gasteiger partial charge in [-0.2, -0.15) is 0 Å². The molecule has 0 aromatic carbocycles. The number of aromatic nitrogens is 4. The van der Waals surface area contributed by atoms with Gasteiger partial charge in [0.25, 0.3) is 0 Å². The fourth-order valence-corrected chi connectivity index (χ4v) is 2.05. The Morgan fingerprint density at radius 1 is 1.30 bits per heavy atom. The smallest absolute Gasteiger partial charge is 0.153 e. The molecule has 3 rings (SSSR count). The Morgan fingerprint density at radius 3 is 2.95 bits per heavy atom. The lowest BCUT2D eigenvalue weighted by Gasteiger charge is -2.17. The van der Waals surface area contributed by atoms with E-state index in [1.807, 2.05) is 42.4 Å². The highest BCUT2D eigenvalue weighted by atomic mass is 15.3. The number of pyridine rings is 1. The van der Waals surface area contributed by atoms with Crippen LogP contribution in [0.25, 0.3) is 5.65 Å². The molecule has 3 aromatic heterocycles. The van der Waals surface area contributed by atoms with Crippen molar-refractivity contribution in [2.75, 3.05) is 18.5 Å². The Balaban J connectivity index is 1.96. The molecule has 0 bridgehead atoms. The van der Waals surface area contributed by atoms with Gasteiger partial charge in [-0.1, -0.05) is 0 Å². The lowest BCUT2D eigenvalue weighted by atomic mass is 10.3. The van der Waals surface area contributed by atoms with Gasteiger partial charge in [0.15, 0.2) is 11.5 Å². The molecule has 0 aliphatic heterocycles. The predicted molar refractivity (Wildman–Crippen MR) is 78.0 cm³/mol. The van der Waals surface area contributed by atoms with E-state index in [4.69, 9.17) is 5.73 Å². The highest BCUT2D eigenvalue weighted by molar-refractivity contribution is 5.58. The highest BCUT2D eigenvalue weighted by Crippen LogP contribution is 2.20. The van der Waals surface area contributed by atoms with E-state index in [0.717, 1.165) is 29.3 Å². The first-order chi connectivity index (χ1) is 9.78. The Hall–Kier alpha value is -2.47. The van der Waals surface area contributed by atoms with E-state index in [9.17, 15) is 0 Å². The second-order valence-electron chi connectivity index (χ2n) is 4.54. The first-order valence-corrected chi connectivity index (χ1v) is 6.47. The number of nitrogens with zero attached hydrogens (tertiary/aromatic N) is 5. The van der Waals surface area contributed by atoms with Crippen molar-refractivity contribution in [3.05, 3.63) is 48.5 Å². The molecule has 0 aliphatic carbocycles. The predicted octanol–water partition coefficient (Wildman–Crippen LogP) is 1.39. The van der Waals surface area contributed by atoms with E-state index in [1.165, 1.54) is 0 Å². The fourth-order valence-electron chi connectivity index (χ4n) is 2.05. The maximum Gasteiger partial charge on any atom is 0.153 e. The summed E-state index contributed by atoms with van der Waals surface area (Å²) in [5, 5.41) is 4.57. The molecule has 6 heteroatoms. The van der Waals surface area contributed by atoms with Gasteiger partial charge in [0.1, 0.15) is 0 Å². The lowest BCUT2D eigenvalue weighted by Crippen LogP contribution is -2.12. The molecule has 3 heterocycles. The summed E-state index contributed by atoms with van der Waals surface area (Å²) < 4.78 is 1.78. The monoisotopic (exact) mass is 268 g/mol. The van der Waals surface area contributed by atoms with Crippen LogP contribution in [0.1, 0.15) is 5.69 Å². The zero-order chi connectivity index (χ0) is 13.9. The Bertz CT molecular complexity index is 706. The molecule has 0 saturated heterocycles. The van der Waals surface area contributed by atoms with Crippen molar-refractivity contribution in [2.45, 2.75) is 6.42 Å². The Labute approximate surface area is 116 Å². The maximum absolute atomic E-state index is 5.55. The van der Waals surface area contributed by atoms with E-state index >= 15 is 0 Å². The topological polar surface area (TPSA) is 72.3 Å². The SMILES string of the molecule is CN(c1cccnc1)c1ccc2nc(CCN)cn2n1. The van der Waals surface area contributed by atoms with E-state index in [0.29, 0.717) is 6.54 Å². The molecular formula is C14H16N6. The van der Waals surface area contributed by atoms with Crippen LogP contribution in [0.5, 0.6) is 0 Å². The first-order valence-electron chi connectivity index (χ1n) is 6.47. The second kappa shape index (κ2) is 5.26. The van der Waals surface area contributed by atoms with Crippen molar-refractivity contribution in [1.29, 1.82) is 0 Å². The molecule has 3 aromatic rings. The summed E-state index contributed by atoms with van der Waals surface area (Å²) in [6.07, 6.45) is 6.24. The van der Waals surface area contributed by atoms with Gasteiger partial charge in [-0.15, -0.1) is 5.10 Å². The number of anilines is 2. The van der Waals surface area contributed by atoms with Crippen molar-refractivity contribution in [3.63, 3.8) is 0 Å². The van der Waals surface area contributed by atoms with Crippen molar-refractivity contribution >= 4 is 17.2 Å². The second-order valence-corrected chi connectivity index (χ2v) is 4.54. The molecule has 0 spiro atoms. The van der Waals surface area contributed by atoms with Crippen LogP contribution in [0.15, 0.2) is 42.9 Å². The molecule has 0 radical (unpaired) electrons. The van der Waals surface area contributed by atoms with Gasteiger partial charge in [0.05, 0.1) is 23.8 Å². The third kappa shape index (κ3) is 2.33. The van der Waals surface area contributed by atoms with E-state index in [-0.39, 0.29) is 0 Å². The minimum absolute atomic E-state index is 0.590. The molecule has 102 valence electrons. The Kier molecular flexibility index (Phi) is 3.30. The third-order valence-electron chi connectivity index (χ3n) is 3.13. The van der Waals surface area contributed by atoms with Gasteiger partial charge in [0, 0.05) is 19.7 Å². The summed E-state index contributed by atoms with van der Waals surface area (Å²) in [5.41, 5.74) is 8.33. The van der Waals surface area contributed by atoms with Crippen LogP contribution in [-0.4, -0.2) is 33.2 Å². The number of hydrogen-bond donors (Lipinski definition) is 1. The van der Waals surface area contributed by atoms with Crippen molar-refractivity contribution < 1.29 is 0 Å². The van der Waals surface area contributed by atoms with Crippen LogP contribution >= 0.6 is 0 Å². The van der Waals surface area contributed by atoms with Crippen LogP contribution in [-0.2, 0) is 6.42 Å². The summed E-state index contributed by atoms with van der Waals surface area (Å²) in [4.78, 5) is 10.6. The summed E-state index contributed by atoms with van der Waals surface area (Å²) in [7, 11) is 1.96. The van der Waals surface area contributed by atoms with Crippen LogP contribution in [0.2, 0.25) is 0 Å². The quantitative estimate of drug-likeness (QED) is 0.774. The van der Waals surface area contributed by atoms with Gasteiger partial charge in [-0.05, 0) is 30.8 Å². The minimum atomic E-state index is 0.590. The summed E-state index contributed by atoms with van der Waals surface area (Å²) in [6, 6.07) is 7.80. The third-order valence-corrected chi connectivity index (χ3v) is 3.13. The summed E-state index contributed by atoms with van der Waals surface area (Å²) in [6.45, 7) is 0.590. The lowest BCUT2D eigenvalue weighted by molar-refractivity contribution is 0.901. The number of fused-ring (bicyclic) bond motifs is 1. The maximum atomic E-state index is 5.55. The molecule has 0 fully saturated rings. The Morgan fingerprint density at radius 2 is 2.20 bits per heavy atom. The van der Waals surface area contributed by atoms with Crippen molar-refractivity contribution in [2.24, 2.45) is 5.73 Å². The largest absolute Gasteiger partial charge is 0.330 e. The van der Waals surface area contributed by atoms with Crippen LogP contribution in [0.4, 0.5) is 11.5 Å². The molecule has 0 unspecified atom stereocenters. The van der Waals surface area contributed by atoms with Crippen molar-refractivity contribution in [1.82, 2.24) is 19.6 Å². The molecule has 2 N–H and O–H groups in total. The van der Waals surface area contributed by atoms with Gasteiger partial charge in [-0.25, -0.2) is 9.50 Å². The number of hydrogen-bond acceptors (Lipinski definition) is 5. The average Bonchev–Trinajstić information content (AvgIpc) is 2.89. The molecule has 0 amide bonds. The van der Waals surface area contributed by atoms with Gasteiger partial charge in [0.2, 0.25) is 0 Å². The number of rotatable bonds is 4.